The molecule has 156 valence electrons. The predicted octanol–water partition coefficient (Wildman–Crippen LogP) is 1.63. The molecule has 0 radical (unpaired) electrons. The van der Waals surface area contributed by atoms with E-state index in [1.54, 1.807) is 6.08 Å². The fourth-order valence-electron chi connectivity index (χ4n) is 3.75. The second kappa shape index (κ2) is 7.13. The minimum atomic E-state index is -2.09. The van der Waals surface area contributed by atoms with Gasteiger partial charge in [-0.1, -0.05) is 12.2 Å². The van der Waals surface area contributed by atoms with Crippen molar-refractivity contribution >= 4 is 23.5 Å². The molecule has 3 rings (SSSR count). The van der Waals surface area contributed by atoms with Crippen LogP contribution in [0.1, 0.15) is 40.5 Å². The predicted molar refractivity (Wildman–Crippen MR) is 101 cm³/mol. The number of alkyl halides is 1. The summed E-state index contributed by atoms with van der Waals surface area (Å²) in [7, 11) is 0. The molecule has 1 aliphatic carbocycles. The van der Waals surface area contributed by atoms with Crippen LogP contribution in [-0.4, -0.2) is 63.1 Å². The van der Waals surface area contributed by atoms with Crippen LogP contribution in [0.2, 0.25) is 0 Å². The minimum Gasteiger partial charge on any atom is -0.459 e. The van der Waals surface area contributed by atoms with Gasteiger partial charge >= 0.3 is 11.9 Å². The molecule has 8 heteroatoms. The zero-order valence-electron chi connectivity index (χ0n) is 16.5. The number of carbonyl (C=O) groups is 2. The lowest BCUT2D eigenvalue weighted by Crippen LogP contribution is -2.49. The van der Waals surface area contributed by atoms with Crippen molar-refractivity contribution < 1.29 is 34.0 Å². The summed E-state index contributed by atoms with van der Waals surface area (Å²) >= 11 is 6.47. The number of allylic oxidation sites excluding steroid dienone is 1. The van der Waals surface area contributed by atoms with Crippen LogP contribution in [0.15, 0.2) is 23.8 Å². The number of aliphatic hydroxyl groups is 2. The van der Waals surface area contributed by atoms with Gasteiger partial charge in [0.1, 0.15) is 12.2 Å². The highest BCUT2D eigenvalue weighted by atomic mass is 35.5. The molecular weight excluding hydrogens is 388 g/mol. The summed E-state index contributed by atoms with van der Waals surface area (Å²) in [5.74, 6) is -2.18. The van der Waals surface area contributed by atoms with E-state index in [1.165, 1.54) is 13.8 Å². The van der Waals surface area contributed by atoms with E-state index in [0.29, 0.717) is 6.42 Å². The van der Waals surface area contributed by atoms with Gasteiger partial charge in [-0.05, 0) is 40.2 Å². The molecule has 2 N–H and O–H groups in total. The molecular formula is C20H27ClO7. The Morgan fingerprint density at radius 1 is 1.54 bits per heavy atom. The SMILES string of the molecule is C=C1C(=O)O[C@H]2/C=C(/C)[C@@H](Cl)C[C@H]3O[C@@]3(C)C[C@@H](OC(=O)[C@@](C)(O)[C@H](C)O)[C@@H]12. The number of hydrogen-bond acceptors (Lipinski definition) is 7. The third kappa shape index (κ3) is 3.73. The number of halogens is 1. The molecule has 2 saturated heterocycles. The van der Waals surface area contributed by atoms with E-state index in [9.17, 15) is 19.8 Å². The fourth-order valence-corrected chi connectivity index (χ4v) is 3.99. The summed E-state index contributed by atoms with van der Waals surface area (Å²) in [5, 5.41) is 19.7. The van der Waals surface area contributed by atoms with Gasteiger partial charge < -0.3 is 24.4 Å². The minimum absolute atomic E-state index is 0.111. The van der Waals surface area contributed by atoms with Crippen molar-refractivity contribution in [3.63, 3.8) is 0 Å². The molecule has 28 heavy (non-hydrogen) atoms. The maximum atomic E-state index is 12.6. The molecule has 0 amide bonds. The zero-order valence-corrected chi connectivity index (χ0v) is 17.2. The van der Waals surface area contributed by atoms with Gasteiger partial charge in [0.05, 0.1) is 29.1 Å². The number of hydrogen-bond donors (Lipinski definition) is 2. The first-order valence-corrected chi connectivity index (χ1v) is 9.82. The lowest BCUT2D eigenvalue weighted by molar-refractivity contribution is -0.183. The molecule has 2 fully saturated rings. The van der Waals surface area contributed by atoms with Crippen LogP contribution in [-0.2, 0) is 23.8 Å². The first-order valence-electron chi connectivity index (χ1n) is 9.38. The Morgan fingerprint density at radius 2 is 2.18 bits per heavy atom. The Labute approximate surface area is 169 Å². The van der Waals surface area contributed by atoms with E-state index in [2.05, 4.69) is 6.58 Å². The Balaban J connectivity index is 1.97. The summed E-state index contributed by atoms with van der Waals surface area (Å²) < 4.78 is 16.9. The number of ether oxygens (including phenoxy) is 3. The molecule has 2 aliphatic heterocycles. The van der Waals surface area contributed by atoms with Crippen molar-refractivity contribution in [1.82, 2.24) is 0 Å². The third-order valence-electron chi connectivity index (χ3n) is 6.13. The van der Waals surface area contributed by atoms with E-state index < -0.39 is 47.4 Å². The lowest BCUT2D eigenvalue weighted by Gasteiger charge is -2.32. The maximum Gasteiger partial charge on any atom is 0.340 e. The van der Waals surface area contributed by atoms with Crippen LogP contribution >= 0.6 is 11.6 Å². The van der Waals surface area contributed by atoms with Gasteiger partial charge in [-0.15, -0.1) is 11.6 Å². The van der Waals surface area contributed by atoms with Crippen LogP contribution in [0, 0.1) is 5.92 Å². The van der Waals surface area contributed by atoms with Crippen molar-refractivity contribution in [2.24, 2.45) is 5.92 Å². The summed E-state index contributed by atoms with van der Waals surface area (Å²) in [6.07, 6.45) is -0.330. The quantitative estimate of drug-likeness (QED) is 0.238. The van der Waals surface area contributed by atoms with Crippen molar-refractivity contribution in [2.45, 2.75) is 81.5 Å². The Bertz CT molecular complexity index is 728. The van der Waals surface area contributed by atoms with Crippen LogP contribution in [0.4, 0.5) is 0 Å². The molecule has 7 nitrogen and oxygen atoms in total. The van der Waals surface area contributed by atoms with Crippen molar-refractivity contribution in [2.75, 3.05) is 0 Å². The molecule has 2 heterocycles. The van der Waals surface area contributed by atoms with E-state index in [-0.39, 0.29) is 23.5 Å². The standard InChI is InChI=1S/C20H27ClO7/c1-9-6-13-16(10(2)17(23)26-13)14(27-18(24)20(5,25)11(3)22)8-19(4)15(28-19)7-12(9)21/h6,11-16,22,25H,2,7-8H2,1,3-5H3/b9-6-/t11-,12-,13-,14+,15+,16-,19-,20-/m0/s1. The molecule has 0 unspecified atom stereocenters. The van der Waals surface area contributed by atoms with Gasteiger partial charge in [0.2, 0.25) is 0 Å². The lowest BCUT2D eigenvalue weighted by atomic mass is 9.82. The van der Waals surface area contributed by atoms with Gasteiger partial charge in [0.15, 0.2) is 5.60 Å². The van der Waals surface area contributed by atoms with Crippen LogP contribution in [0.25, 0.3) is 0 Å². The molecule has 0 aromatic heterocycles. The molecule has 0 saturated carbocycles. The number of fused-ring (bicyclic) bond motifs is 2. The van der Waals surface area contributed by atoms with E-state index in [4.69, 9.17) is 25.8 Å². The monoisotopic (exact) mass is 414 g/mol. The summed E-state index contributed by atoms with van der Waals surface area (Å²) in [6, 6.07) is 0. The van der Waals surface area contributed by atoms with Crippen molar-refractivity contribution in [1.29, 1.82) is 0 Å². The van der Waals surface area contributed by atoms with Crippen LogP contribution in [0.3, 0.4) is 0 Å². The van der Waals surface area contributed by atoms with E-state index in [1.807, 2.05) is 13.8 Å². The molecule has 0 bridgehead atoms. The number of carbonyl (C=O) groups excluding carboxylic acids is 2. The van der Waals surface area contributed by atoms with Crippen LogP contribution in [0.5, 0.6) is 0 Å². The Hall–Kier alpha value is -1.41. The highest BCUT2D eigenvalue weighted by molar-refractivity contribution is 6.22. The number of epoxide rings is 1. The fraction of sp³-hybridized carbons (Fsp3) is 0.700. The highest BCUT2D eigenvalue weighted by Gasteiger charge is 2.58. The topological polar surface area (TPSA) is 106 Å². The average molecular weight is 415 g/mol. The smallest absolute Gasteiger partial charge is 0.340 e. The third-order valence-corrected chi connectivity index (χ3v) is 6.65. The second-order valence-corrected chi connectivity index (χ2v) is 8.95. The van der Waals surface area contributed by atoms with Crippen molar-refractivity contribution in [3.8, 4) is 0 Å². The Kier molecular flexibility index (Phi) is 5.42. The highest BCUT2D eigenvalue weighted by Crippen LogP contribution is 2.48. The normalized spacial score (nSPS) is 42.8. The van der Waals surface area contributed by atoms with Gasteiger partial charge in [0.25, 0.3) is 0 Å². The van der Waals surface area contributed by atoms with E-state index in [0.717, 1.165) is 5.57 Å². The van der Waals surface area contributed by atoms with Crippen molar-refractivity contribution in [3.05, 3.63) is 23.8 Å². The molecule has 8 atom stereocenters. The number of rotatable bonds is 3. The number of aliphatic hydroxyl groups excluding tert-OH is 1. The summed E-state index contributed by atoms with van der Waals surface area (Å²) in [5.41, 5.74) is -1.65. The summed E-state index contributed by atoms with van der Waals surface area (Å²) in [4.78, 5) is 24.8. The molecule has 3 aliphatic rings. The zero-order chi connectivity index (χ0) is 21.0. The van der Waals surface area contributed by atoms with Gasteiger partial charge in [-0.25, -0.2) is 9.59 Å². The molecule has 0 spiro atoms. The average Bonchev–Trinajstić information content (AvgIpc) is 3.12. The molecule has 0 aromatic carbocycles. The van der Waals surface area contributed by atoms with Gasteiger partial charge in [-0.3, -0.25) is 0 Å². The first-order chi connectivity index (χ1) is 12.9. The molecule has 0 aromatic rings. The van der Waals surface area contributed by atoms with Gasteiger partial charge in [0, 0.05) is 12.0 Å². The largest absolute Gasteiger partial charge is 0.459 e. The number of esters is 2. The van der Waals surface area contributed by atoms with Gasteiger partial charge in [-0.2, -0.15) is 0 Å². The second-order valence-electron chi connectivity index (χ2n) is 8.43. The van der Waals surface area contributed by atoms with E-state index >= 15 is 0 Å². The first kappa shape index (κ1) is 21.3. The summed E-state index contributed by atoms with van der Waals surface area (Å²) in [6.45, 7) is 10.1. The Morgan fingerprint density at radius 3 is 2.79 bits per heavy atom. The van der Waals surface area contributed by atoms with Crippen LogP contribution < -0.4 is 0 Å². The maximum absolute atomic E-state index is 12.6.